The van der Waals surface area contributed by atoms with Gasteiger partial charge in [0.05, 0.1) is 5.56 Å². The molecule has 0 bridgehead atoms. The summed E-state index contributed by atoms with van der Waals surface area (Å²) in [6.45, 7) is 1.87. The molecule has 98 valence electrons. The Balaban J connectivity index is 2.36. The molecule has 4 heteroatoms. The molecule has 1 atom stereocenters. The van der Waals surface area contributed by atoms with Crippen LogP contribution in [0.2, 0.25) is 0 Å². The van der Waals surface area contributed by atoms with Crippen LogP contribution < -0.4 is 0 Å². The van der Waals surface area contributed by atoms with Gasteiger partial charge in [-0.2, -0.15) is 13.2 Å². The number of alkyl halides is 3. The molecule has 1 aliphatic rings. The van der Waals surface area contributed by atoms with E-state index in [2.05, 4.69) is 0 Å². The first-order valence-electron chi connectivity index (χ1n) is 6.01. The average molecular weight is 256 g/mol. The third-order valence-corrected chi connectivity index (χ3v) is 3.66. The Morgan fingerprint density at radius 3 is 2.61 bits per heavy atom. The van der Waals surface area contributed by atoms with Crippen LogP contribution >= 0.6 is 0 Å². The van der Waals surface area contributed by atoms with Crippen molar-refractivity contribution in [3.05, 3.63) is 35.4 Å². The van der Waals surface area contributed by atoms with Crippen molar-refractivity contribution in [2.45, 2.75) is 44.2 Å². The van der Waals surface area contributed by atoms with Crippen LogP contribution in [0.4, 0.5) is 13.2 Å². The van der Waals surface area contributed by atoms with Gasteiger partial charge in [-0.1, -0.05) is 25.1 Å². The molecular weight excluding hydrogens is 241 g/mol. The zero-order valence-electron chi connectivity index (χ0n) is 10.2. The molecule has 1 aromatic carbocycles. The number of hydrogen-bond donors (Lipinski definition) is 0. The molecule has 1 aromatic rings. The van der Waals surface area contributed by atoms with E-state index in [1.165, 1.54) is 12.1 Å². The first-order valence-corrected chi connectivity index (χ1v) is 6.01. The highest BCUT2D eigenvalue weighted by molar-refractivity contribution is 5.80. The fourth-order valence-corrected chi connectivity index (χ4v) is 2.61. The van der Waals surface area contributed by atoms with Crippen molar-refractivity contribution in [2.24, 2.45) is 0 Å². The molecule has 0 heterocycles. The quantitative estimate of drug-likeness (QED) is 0.739. The van der Waals surface area contributed by atoms with E-state index in [0.29, 0.717) is 18.4 Å². The number of carbonyl (C=O) groups is 1. The molecule has 0 N–H and O–H groups in total. The van der Waals surface area contributed by atoms with Gasteiger partial charge < -0.3 is 0 Å². The predicted molar refractivity (Wildman–Crippen MR) is 62.3 cm³/mol. The fourth-order valence-electron chi connectivity index (χ4n) is 2.61. The van der Waals surface area contributed by atoms with E-state index in [9.17, 15) is 18.0 Å². The zero-order valence-corrected chi connectivity index (χ0v) is 10.2. The van der Waals surface area contributed by atoms with Gasteiger partial charge in [0.2, 0.25) is 0 Å². The lowest BCUT2D eigenvalue weighted by Gasteiger charge is -2.33. The number of ketones is 1. The Labute approximate surface area is 104 Å². The smallest absolute Gasteiger partial charge is 0.300 e. The van der Waals surface area contributed by atoms with Crippen molar-refractivity contribution in [1.29, 1.82) is 0 Å². The van der Waals surface area contributed by atoms with Crippen LogP contribution in [0.3, 0.4) is 0 Å². The molecule has 1 aliphatic carbocycles. The van der Waals surface area contributed by atoms with Crippen LogP contribution in [-0.2, 0) is 16.4 Å². The largest absolute Gasteiger partial charge is 0.416 e. The van der Waals surface area contributed by atoms with Crippen LogP contribution in [-0.4, -0.2) is 5.78 Å². The van der Waals surface area contributed by atoms with Crippen molar-refractivity contribution < 1.29 is 18.0 Å². The monoisotopic (exact) mass is 256 g/mol. The summed E-state index contributed by atoms with van der Waals surface area (Å²) in [6.07, 6.45) is -1.92. The Bertz CT molecular complexity index is 464. The lowest BCUT2D eigenvalue weighted by Crippen LogP contribution is -2.30. The van der Waals surface area contributed by atoms with Crippen LogP contribution in [0, 0.1) is 0 Å². The second kappa shape index (κ2) is 4.41. The fraction of sp³-hybridized carbons (Fsp3) is 0.500. The third kappa shape index (κ3) is 2.57. The maximum Gasteiger partial charge on any atom is 0.416 e. The van der Waals surface area contributed by atoms with Gasteiger partial charge in [0.15, 0.2) is 0 Å². The van der Waals surface area contributed by atoms with Crippen molar-refractivity contribution in [2.75, 3.05) is 0 Å². The summed E-state index contributed by atoms with van der Waals surface area (Å²) in [7, 11) is 0. The number of halogens is 3. The lowest BCUT2D eigenvalue weighted by atomic mass is 9.70. The lowest BCUT2D eigenvalue weighted by molar-refractivity contribution is -0.137. The number of benzene rings is 1. The Kier molecular flexibility index (Phi) is 3.21. The number of hydrogen-bond acceptors (Lipinski definition) is 1. The van der Waals surface area contributed by atoms with E-state index in [1.807, 2.05) is 6.92 Å². The summed E-state index contributed by atoms with van der Waals surface area (Å²) < 4.78 is 38.0. The summed E-state index contributed by atoms with van der Waals surface area (Å²) in [5, 5.41) is 0. The average Bonchev–Trinajstić information content (AvgIpc) is 2.28. The van der Waals surface area contributed by atoms with Gasteiger partial charge in [-0.25, -0.2) is 0 Å². The molecule has 0 unspecified atom stereocenters. The molecule has 18 heavy (non-hydrogen) atoms. The van der Waals surface area contributed by atoms with E-state index < -0.39 is 17.2 Å². The van der Waals surface area contributed by atoms with Crippen molar-refractivity contribution in [3.8, 4) is 0 Å². The number of rotatable bonds is 1. The predicted octanol–water partition coefficient (Wildman–Crippen LogP) is 4.11. The van der Waals surface area contributed by atoms with Gasteiger partial charge in [0.1, 0.15) is 5.78 Å². The zero-order chi connectivity index (χ0) is 13.4. The van der Waals surface area contributed by atoms with Gasteiger partial charge in [-0.05, 0) is 29.9 Å². The minimum atomic E-state index is -4.33. The van der Waals surface area contributed by atoms with Gasteiger partial charge in [0, 0.05) is 12.8 Å². The molecule has 0 aromatic heterocycles. The third-order valence-electron chi connectivity index (χ3n) is 3.66. The minimum Gasteiger partial charge on any atom is -0.300 e. The van der Waals surface area contributed by atoms with Crippen LogP contribution in [0.15, 0.2) is 24.3 Å². The molecule has 2 rings (SSSR count). The molecule has 0 spiro atoms. The van der Waals surface area contributed by atoms with Crippen molar-refractivity contribution in [3.63, 3.8) is 0 Å². The highest BCUT2D eigenvalue weighted by Gasteiger charge is 2.36. The summed E-state index contributed by atoms with van der Waals surface area (Å²) >= 11 is 0. The molecule has 1 saturated carbocycles. The number of carbonyl (C=O) groups excluding carboxylic acids is 1. The topological polar surface area (TPSA) is 17.1 Å². The van der Waals surface area contributed by atoms with E-state index >= 15 is 0 Å². The van der Waals surface area contributed by atoms with Gasteiger partial charge >= 0.3 is 6.18 Å². The molecule has 0 aliphatic heterocycles. The molecule has 0 radical (unpaired) electrons. The molecule has 0 saturated heterocycles. The maximum atomic E-state index is 12.7. The SMILES string of the molecule is C[C@@]1(c2cccc(C(F)(F)F)c2)CCCC(=O)C1. The molecule has 1 nitrogen and oxygen atoms in total. The number of Topliss-reactive ketones (excluding diaryl/α,β-unsaturated/α-hetero) is 1. The highest BCUT2D eigenvalue weighted by atomic mass is 19.4. The first-order chi connectivity index (χ1) is 8.31. The second-order valence-electron chi connectivity index (χ2n) is 5.21. The normalized spacial score (nSPS) is 25.2. The Morgan fingerprint density at radius 2 is 2.00 bits per heavy atom. The minimum absolute atomic E-state index is 0.140. The second-order valence-corrected chi connectivity index (χ2v) is 5.21. The highest BCUT2D eigenvalue weighted by Crippen LogP contribution is 2.39. The maximum absolute atomic E-state index is 12.7. The Hall–Kier alpha value is -1.32. The Morgan fingerprint density at radius 1 is 1.28 bits per heavy atom. The van der Waals surface area contributed by atoms with Crippen LogP contribution in [0.5, 0.6) is 0 Å². The van der Waals surface area contributed by atoms with Gasteiger partial charge in [-0.15, -0.1) is 0 Å². The van der Waals surface area contributed by atoms with E-state index in [-0.39, 0.29) is 5.78 Å². The summed E-state index contributed by atoms with van der Waals surface area (Å²) in [6, 6.07) is 5.35. The van der Waals surface area contributed by atoms with Gasteiger partial charge in [-0.3, -0.25) is 4.79 Å². The standard InChI is InChI=1S/C14H15F3O/c1-13(7-3-6-12(18)9-13)10-4-2-5-11(8-10)14(15,16)17/h2,4-5,8H,3,6-7,9H2,1H3/t13-/m1/s1. The summed E-state index contributed by atoms with van der Waals surface area (Å²) in [4.78, 5) is 11.5. The van der Waals surface area contributed by atoms with Crippen molar-refractivity contribution in [1.82, 2.24) is 0 Å². The van der Waals surface area contributed by atoms with E-state index in [1.54, 1.807) is 6.07 Å². The molecule has 1 fully saturated rings. The van der Waals surface area contributed by atoms with Crippen LogP contribution in [0.25, 0.3) is 0 Å². The molecular formula is C14H15F3O. The van der Waals surface area contributed by atoms with E-state index in [4.69, 9.17) is 0 Å². The first kappa shape index (κ1) is 13.1. The van der Waals surface area contributed by atoms with Crippen molar-refractivity contribution >= 4 is 5.78 Å². The summed E-state index contributed by atoms with van der Waals surface area (Å²) in [5.74, 6) is 0.140. The summed E-state index contributed by atoms with van der Waals surface area (Å²) in [5.41, 5.74) is -0.471. The van der Waals surface area contributed by atoms with Crippen LogP contribution in [0.1, 0.15) is 43.7 Å². The molecule has 0 amide bonds. The van der Waals surface area contributed by atoms with Gasteiger partial charge in [0.25, 0.3) is 0 Å². The van der Waals surface area contributed by atoms with E-state index in [0.717, 1.165) is 18.9 Å².